The van der Waals surface area contributed by atoms with Crippen molar-refractivity contribution in [2.75, 3.05) is 12.0 Å². The molecule has 5 rings (SSSR count). The topological polar surface area (TPSA) is 91.2 Å². The molecule has 0 aromatic heterocycles. The Morgan fingerprint density at radius 3 is 2.53 bits per heavy atom. The number of rotatable bonds is 6. The summed E-state index contributed by atoms with van der Waals surface area (Å²) < 4.78 is 5.06. The third kappa shape index (κ3) is 3.73. The quantitative estimate of drug-likeness (QED) is 0.334. The lowest BCUT2D eigenvalue weighted by molar-refractivity contribution is 0.0953. The molecule has 7 nitrogen and oxygen atoms in total. The number of ether oxygens (including phenoxy) is 1. The van der Waals surface area contributed by atoms with E-state index in [-0.39, 0.29) is 17.6 Å². The van der Waals surface area contributed by atoms with Crippen LogP contribution in [0.4, 0.5) is 5.69 Å². The molecule has 2 amide bonds. The third-order valence-electron chi connectivity index (χ3n) is 5.83. The molecule has 34 heavy (non-hydrogen) atoms. The van der Waals surface area contributed by atoms with Crippen molar-refractivity contribution in [1.82, 2.24) is 5.43 Å². The fraction of sp³-hybridized carbons (Fsp3) is 0.0741. The van der Waals surface area contributed by atoms with Crippen molar-refractivity contribution in [1.29, 1.82) is 0 Å². The van der Waals surface area contributed by atoms with E-state index in [9.17, 15) is 14.7 Å². The van der Waals surface area contributed by atoms with Gasteiger partial charge in [0.1, 0.15) is 0 Å². The molecule has 0 spiro atoms. The average molecular weight is 451 g/mol. The molecule has 4 aromatic rings. The summed E-state index contributed by atoms with van der Waals surface area (Å²) >= 11 is 0. The molecule has 168 valence electrons. The molecule has 0 aliphatic carbocycles. The lowest BCUT2D eigenvalue weighted by atomic mass is 10.1. The van der Waals surface area contributed by atoms with Gasteiger partial charge in [-0.25, -0.2) is 5.43 Å². The van der Waals surface area contributed by atoms with Crippen LogP contribution in [-0.4, -0.2) is 30.2 Å². The van der Waals surface area contributed by atoms with Gasteiger partial charge in [-0.1, -0.05) is 42.5 Å². The largest absolute Gasteiger partial charge is 0.504 e. The number of methoxy groups -OCH3 is 1. The number of carbonyl (C=O) groups is 2. The predicted octanol–water partition coefficient (Wildman–Crippen LogP) is 4.48. The van der Waals surface area contributed by atoms with E-state index in [2.05, 4.69) is 10.5 Å². The zero-order valence-electron chi connectivity index (χ0n) is 18.4. The second-order valence-electron chi connectivity index (χ2n) is 7.87. The van der Waals surface area contributed by atoms with Crippen molar-refractivity contribution in [3.8, 4) is 11.5 Å². The van der Waals surface area contributed by atoms with Gasteiger partial charge < -0.3 is 14.7 Å². The maximum atomic E-state index is 13.0. The van der Waals surface area contributed by atoms with Gasteiger partial charge in [0.2, 0.25) is 0 Å². The summed E-state index contributed by atoms with van der Waals surface area (Å²) in [5.74, 6) is -0.147. The van der Waals surface area contributed by atoms with Gasteiger partial charge in [0.05, 0.1) is 25.6 Å². The standard InChI is InChI=1S/C27H21N3O4/c1-34-23-10-4-7-20(25(23)31)15-28-29-26(32)19-13-11-17(12-14-19)16-30-22-9-3-6-18-5-2-8-21(24(18)22)27(30)33/h2-15,31H,16H2,1H3,(H,29,32)/b28-15+. The van der Waals surface area contributed by atoms with Gasteiger partial charge in [-0.3, -0.25) is 9.59 Å². The molecule has 0 saturated heterocycles. The summed E-state index contributed by atoms with van der Waals surface area (Å²) in [6.45, 7) is 0.405. The van der Waals surface area contributed by atoms with Gasteiger partial charge in [0.25, 0.3) is 11.8 Å². The number of phenols is 1. The summed E-state index contributed by atoms with van der Waals surface area (Å²) in [4.78, 5) is 27.2. The Morgan fingerprint density at radius 2 is 1.76 bits per heavy atom. The maximum absolute atomic E-state index is 13.0. The minimum absolute atomic E-state index is 0.0243. The van der Waals surface area contributed by atoms with Gasteiger partial charge in [-0.15, -0.1) is 0 Å². The first-order chi connectivity index (χ1) is 16.6. The molecule has 0 unspecified atom stereocenters. The van der Waals surface area contributed by atoms with Crippen LogP contribution in [0.1, 0.15) is 31.8 Å². The van der Waals surface area contributed by atoms with Crippen molar-refractivity contribution in [2.45, 2.75) is 6.54 Å². The van der Waals surface area contributed by atoms with Crippen LogP contribution in [0.25, 0.3) is 10.8 Å². The van der Waals surface area contributed by atoms with E-state index in [0.717, 1.165) is 22.0 Å². The number of anilines is 1. The molecular weight excluding hydrogens is 430 g/mol. The average Bonchev–Trinajstić information content (AvgIpc) is 3.13. The van der Waals surface area contributed by atoms with Crippen molar-refractivity contribution in [3.63, 3.8) is 0 Å². The number of para-hydroxylation sites is 1. The molecule has 4 aromatic carbocycles. The Labute approximate surface area is 195 Å². The summed E-state index contributed by atoms with van der Waals surface area (Å²) in [7, 11) is 1.46. The smallest absolute Gasteiger partial charge is 0.271 e. The first-order valence-corrected chi connectivity index (χ1v) is 10.7. The first-order valence-electron chi connectivity index (χ1n) is 10.7. The number of hydrazone groups is 1. The van der Waals surface area contributed by atoms with E-state index in [1.807, 2.05) is 48.5 Å². The molecule has 0 fully saturated rings. The van der Waals surface area contributed by atoms with Crippen molar-refractivity contribution >= 4 is 34.5 Å². The predicted molar refractivity (Wildman–Crippen MR) is 131 cm³/mol. The number of nitrogens with one attached hydrogen (secondary N) is 1. The number of hydrogen-bond donors (Lipinski definition) is 2. The number of benzene rings is 4. The van der Waals surface area contributed by atoms with E-state index in [4.69, 9.17) is 4.74 Å². The van der Waals surface area contributed by atoms with Crippen LogP contribution >= 0.6 is 0 Å². The summed E-state index contributed by atoms with van der Waals surface area (Å²) in [5, 5.41) is 16.0. The van der Waals surface area contributed by atoms with Crippen LogP contribution in [0, 0.1) is 0 Å². The SMILES string of the molecule is COc1cccc(/C=N/NC(=O)c2ccc(CN3C(=O)c4cccc5cccc3c45)cc2)c1O. The van der Waals surface area contributed by atoms with E-state index in [1.165, 1.54) is 13.3 Å². The van der Waals surface area contributed by atoms with Crippen LogP contribution in [-0.2, 0) is 6.54 Å². The number of nitrogens with zero attached hydrogens (tertiary/aromatic N) is 2. The Hall–Kier alpha value is -4.65. The number of aromatic hydroxyl groups is 1. The third-order valence-corrected chi connectivity index (χ3v) is 5.83. The molecule has 0 radical (unpaired) electrons. The summed E-state index contributed by atoms with van der Waals surface area (Å²) in [6.07, 6.45) is 1.35. The lowest BCUT2D eigenvalue weighted by Gasteiger charge is -2.18. The van der Waals surface area contributed by atoms with E-state index < -0.39 is 0 Å². The van der Waals surface area contributed by atoms with Gasteiger partial charge in [-0.05, 0) is 47.3 Å². The highest BCUT2D eigenvalue weighted by Crippen LogP contribution is 2.38. The minimum Gasteiger partial charge on any atom is -0.504 e. The molecule has 0 atom stereocenters. The summed E-state index contributed by atoms with van der Waals surface area (Å²) in [6, 6.07) is 23.7. The monoisotopic (exact) mass is 451 g/mol. The molecule has 0 saturated carbocycles. The minimum atomic E-state index is -0.389. The van der Waals surface area contributed by atoms with Crippen LogP contribution in [0.2, 0.25) is 0 Å². The first kappa shape index (κ1) is 21.2. The Kier molecular flexibility index (Phi) is 5.43. The molecule has 1 aliphatic heterocycles. The van der Waals surface area contributed by atoms with Gasteiger partial charge in [0, 0.05) is 22.1 Å². The number of carbonyl (C=O) groups excluding carboxylic acids is 2. The molecular formula is C27H21N3O4. The highest BCUT2D eigenvalue weighted by Gasteiger charge is 2.29. The van der Waals surface area contributed by atoms with E-state index in [1.54, 1.807) is 35.2 Å². The van der Waals surface area contributed by atoms with Crippen molar-refractivity contribution in [2.24, 2.45) is 5.10 Å². The van der Waals surface area contributed by atoms with E-state index >= 15 is 0 Å². The fourth-order valence-corrected chi connectivity index (χ4v) is 4.11. The molecule has 7 heteroatoms. The second kappa shape index (κ2) is 8.71. The number of hydrogen-bond acceptors (Lipinski definition) is 5. The molecule has 2 N–H and O–H groups in total. The van der Waals surface area contributed by atoms with Gasteiger partial charge in [0.15, 0.2) is 11.5 Å². The van der Waals surface area contributed by atoms with Crippen LogP contribution in [0.15, 0.2) is 84.0 Å². The Morgan fingerprint density at radius 1 is 1.03 bits per heavy atom. The fourth-order valence-electron chi connectivity index (χ4n) is 4.11. The van der Waals surface area contributed by atoms with Crippen molar-refractivity contribution < 1.29 is 19.4 Å². The number of phenolic OH excluding ortho intramolecular Hbond substituents is 1. The zero-order chi connectivity index (χ0) is 23.7. The Bertz CT molecular complexity index is 1440. The van der Waals surface area contributed by atoms with Crippen molar-refractivity contribution in [3.05, 3.63) is 101 Å². The van der Waals surface area contributed by atoms with Crippen LogP contribution in [0.5, 0.6) is 11.5 Å². The van der Waals surface area contributed by atoms with Crippen LogP contribution in [0.3, 0.4) is 0 Å². The number of amides is 2. The Balaban J connectivity index is 1.27. The molecule has 1 heterocycles. The zero-order valence-corrected chi connectivity index (χ0v) is 18.4. The highest BCUT2D eigenvalue weighted by atomic mass is 16.5. The second-order valence-corrected chi connectivity index (χ2v) is 7.87. The van der Waals surface area contributed by atoms with E-state index in [0.29, 0.717) is 29.0 Å². The van der Waals surface area contributed by atoms with Crippen LogP contribution < -0.4 is 15.1 Å². The molecule has 0 bridgehead atoms. The maximum Gasteiger partial charge on any atom is 0.271 e. The van der Waals surface area contributed by atoms with Gasteiger partial charge >= 0.3 is 0 Å². The van der Waals surface area contributed by atoms with Gasteiger partial charge in [-0.2, -0.15) is 5.10 Å². The summed E-state index contributed by atoms with van der Waals surface area (Å²) in [5.41, 5.74) is 5.81. The highest BCUT2D eigenvalue weighted by molar-refractivity contribution is 6.24. The lowest BCUT2D eigenvalue weighted by Crippen LogP contribution is -2.26. The molecule has 1 aliphatic rings. The normalized spacial score (nSPS) is 12.5.